The van der Waals surface area contributed by atoms with E-state index in [1.807, 2.05) is 19.1 Å². The van der Waals surface area contributed by atoms with Gasteiger partial charge in [-0.3, -0.25) is 9.78 Å². The minimum Gasteiger partial charge on any atom is -0.458 e. The van der Waals surface area contributed by atoms with Gasteiger partial charge in [0.2, 0.25) is 0 Å². The molecule has 0 unspecified atom stereocenters. The molecule has 4 nitrogen and oxygen atoms in total. The zero-order chi connectivity index (χ0) is 21.1. The first-order valence-corrected chi connectivity index (χ1v) is 11.4. The number of nitrogens with zero attached hydrogens (tertiary/aromatic N) is 1. The fourth-order valence-corrected chi connectivity index (χ4v) is 6.90. The molecule has 4 aliphatic carbocycles. The van der Waals surface area contributed by atoms with E-state index in [2.05, 4.69) is 31.0 Å². The lowest BCUT2D eigenvalue weighted by atomic mass is 9.48. The number of ether oxygens (including phenoxy) is 1. The van der Waals surface area contributed by atoms with Crippen molar-refractivity contribution in [3.8, 4) is 0 Å². The number of fused-ring (bicyclic) bond motifs is 5. The van der Waals surface area contributed by atoms with Crippen LogP contribution in [-0.2, 0) is 9.53 Å². The number of carbonyl (C=O) groups is 2. The second-order valence-corrected chi connectivity index (χ2v) is 10.3. The first-order chi connectivity index (χ1) is 14.3. The van der Waals surface area contributed by atoms with Crippen LogP contribution in [0.5, 0.6) is 0 Å². The third kappa shape index (κ3) is 2.83. The van der Waals surface area contributed by atoms with Gasteiger partial charge in [0.1, 0.15) is 6.10 Å². The molecule has 1 aromatic heterocycles. The lowest BCUT2D eigenvalue weighted by molar-refractivity contribution is -0.129. The van der Waals surface area contributed by atoms with Gasteiger partial charge in [0.15, 0.2) is 5.78 Å². The molecular formula is C26H31NO3. The highest BCUT2D eigenvalue weighted by molar-refractivity contribution is 5.97. The first-order valence-electron chi connectivity index (χ1n) is 11.4. The Kier molecular flexibility index (Phi) is 4.53. The van der Waals surface area contributed by atoms with E-state index in [0.717, 1.165) is 44.1 Å². The minimum absolute atomic E-state index is 0.0604. The van der Waals surface area contributed by atoms with Crippen molar-refractivity contribution < 1.29 is 14.3 Å². The Hall–Kier alpha value is -2.23. The quantitative estimate of drug-likeness (QED) is 0.500. The fraction of sp³-hybridized carbons (Fsp3) is 0.577. The normalized spacial score (nSPS) is 39.6. The average Bonchev–Trinajstić information content (AvgIpc) is 3.03. The number of esters is 1. The molecule has 0 N–H and O–H groups in total. The van der Waals surface area contributed by atoms with E-state index < -0.39 is 0 Å². The molecule has 0 amide bonds. The number of rotatable bonds is 2. The van der Waals surface area contributed by atoms with Gasteiger partial charge in [-0.15, -0.1) is 0 Å². The molecule has 0 bridgehead atoms. The van der Waals surface area contributed by atoms with Crippen LogP contribution in [-0.4, -0.2) is 22.8 Å². The number of allylic oxidation sites excluding steroid dienone is 3. The summed E-state index contributed by atoms with van der Waals surface area (Å²) in [5.74, 6) is 1.61. The van der Waals surface area contributed by atoms with Crippen molar-refractivity contribution in [3.05, 3.63) is 53.4 Å². The molecule has 158 valence electrons. The largest absolute Gasteiger partial charge is 0.458 e. The standard InChI is InChI=1S/C26H31NO3/c1-16-10-13-27-15-20(16)24(29)30-18-8-11-25(2)17(14-18)4-5-19-21-6-7-23(28)26(21,3)12-9-22(19)25/h4,6-7,10,13,15,18-19,21-22H,5,8-9,11-12,14H2,1-3H3/t18-,19-,21-,22-,25-,26-/m0/s1. The molecule has 0 aromatic carbocycles. The van der Waals surface area contributed by atoms with E-state index in [-0.39, 0.29) is 22.9 Å². The predicted molar refractivity (Wildman–Crippen MR) is 115 cm³/mol. The number of carbonyl (C=O) groups excluding carboxylic acids is 2. The predicted octanol–water partition coefficient (Wildman–Crippen LogP) is 5.22. The van der Waals surface area contributed by atoms with Crippen molar-refractivity contribution in [1.82, 2.24) is 4.98 Å². The molecule has 0 aliphatic heterocycles. The number of pyridine rings is 1. The van der Waals surface area contributed by atoms with Gasteiger partial charge in [-0.1, -0.05) is 31.6 Å². The molecule has 4 heteroatoms. The third-order valence-corrected chi connectivity index (χ3v) is 8.86. The summed E-state index contributed by atoms with van der Waals surface area (Å²) in [6.45, 7) is 6.51. The van der Waals surface area contributed by atoms with E-state index in [0.29, 0.717) is 29.1 Å². The highest BCUT2D eigenvalue weighted by Crippen LogP contribution is 2.62. The first kappa shape index (κ1) is 19.7. The molecule has 2 saturated carbocycles. The highest BCUT2D eigenvalue weighted by atomic mass is 16.5. The van der Waals surface area contributed by atoms with Gasteiger partial charge in [0.25, 0.3) is 0 Å². The Morgan fingerprint density at radius 3 is 2.80 bits per heavy atom. The highest BCUT2D eigenvalue weighted by Gasteiger charge is 2.57. The summed E-state index contributed by atoms with van der Waals surface area (Å²) in [6, 6.07) is 1.84. The van der Waals surface area contributed by atoms with E-state index in [4.69, 9.17) is 4.74 Å². The van der Waals surface area contributed by atoms with Gasteiger partial charge in [-0.2, -0.15) is 0 Å². The van der Waals surface area contributed by atoms with Crippen LogP contribution in [0.15, 0.2) is 42.3 Å². The summed E-state index contributed by atoms with van der Waals surface area (Å²) in [4.78, 5) is 29.2. The summed E-state index contributed by atoms with van der Waals surface area (Å²) in [7, 11) is 0. The molecule has 5 rings (SSSR count). The van der Waals surface area contributed by atoms with Crippen molar-refractivity contribution in [1.29, 1.82) is 0 Å². The van der Waals surface area contributed by atoms with Gasteiger partial charge in [0, 0.05) is 24.2 Å². The zero-order valence-corrected chi connectivity index (χ0v) is 18.2. The smallest absolute Gasteiger partial charge is 0.340 e. The van der Waals surface area contributed by atoms with Crippen molar-refractivity contribution in [3.63, 3.8) is 0 Å². The van der Waals surface area contributed by atoms with Gasteiger partial charge in [0.05, 0.1) is 5.56 Å². The van der Waals surface area contributed by atoms with E-state index in [1.165, 1.54) is 5.57 Å². The van der Waals surface area contributed by atoms with Crippen molar-refractivity contribution in [2.75, 3.05) is 0 Å². The van der Waals surface area contributed by atoms with Crippen LogP contribution in [0.1, 0.15) is 68.3 Å². The fourth-order valence-electron chi connectivity index (χ4n) is 6.90. The average molecular weight is 406 g/mol. The van der Waals surface area contributed by atoms with Gasteiger partial charge < -0.3 is 4.74 Å². The molecule has 4 aliphatic rings. The molecule has 2 fully saturated rings. The van der Waals surface area contributed by atoms with Gasteiger partial charge in [-0.05, 0) is 79.9 Å². The second-order valence-electron chi connectivity index (χ2n) is 10.3. The molecule has 30 heavy (non-hydrogen) atoms. The Morgan fingerprint density at radius 2 is 2.00 bits per heavy atom. The van der Waals surface area contributed by atoms with Gasteiger partial charge in [-0.25, -0.2) is 4.79 Å². The molecule has 6 atom stereocenters. The number of hydrogen-bond donors (Lipinski definition) is 0. The van der Waals surface area contributed by atoms with E-state index in [9.17, 15) is 9.59 Å². The third-order valence-electron chi connectivity index (χ3n) is 8.86. The number of aryl methyl sites for hydroxylation is 1. The van der Waals surface area contributed by atoms with Crippen LogP contribution in [0.2, 0.25) is 0 Å². The summed E-state index contributed by atoms with van der Waals surface area (Å²) < 4.78 is 5.91. The van der Waals surface area contributed by atoms with E-state index in [1.54, 1.807) is 12.4 Å². The molecule has 0 saturated heterocycles. The zero-order valence-electron chi connectivity index (χ0n) is 18.2. The Labute approximate surface area is 178 Å². The topological polar surface area (TPSA) is 56.3 Å². The lowest BCUT2D eigenvalue weighted by Crippen LogP contribution is -2.50. The van der Waals surface area contributed by atoms with Crippen LogP contribution < -0.4 is 0 Å². The molecule has 0 radical (unpaired) electrons. The second kappa shape index (κ2) is 6.90. The number of hydrogen-bond acceptors (Lipinski definition) is 4. The summed E-state index contributed by atoms with van der Waals surface area (Å²) in [6.07, 6.45) is 15.6. The summed E-state index contributed by atoms with van der Waals surface area (Å²) >= 11 is 0. The maximum absolute atomic E-state index is 12.7. The molecule has 1 aromatic rings. The number of ketones is 1. The summed E-state index contributed by atoms with van der Waals surface area (Å²) in [5.41, 5.74) is 2.91. The van der Waals surface area contributed by atoms with E-state index >= 15 is 0 Å². The molecule has 0 spiro atoms. The lowest BCUT2D eigenvalue weighted by Gasteiger charge is -2.56. The van der Waals surface area contributed by atoms with Crippen molar-refractivity contribution in [2.45, 2.75) is 65.4 Å². The van der Waals surface area contributed by atoms with Crippen LogP contribution in [0.25, 0.3) is 0 Å². The summed E-state index contributed by atoms with van der Waals surface area (Å²) in [5, 5.41) is 0. The maximum atomic E-state index is 12.7. The number of aromatic nitrogens is 1. The molecular weight excluding hydrogens is 374 g/mol. The molecule has 1 heterocycles. The van der Waals surface area contributed by atoms with Gasteiger partial charge >= 0.3 is 5.97 Å². The maximum Gasteiger partial charge on any atom is 0.340 e. The van der Waals surface area contributed by atoms with Crippen molar-refractivity contribution >= 4 is 11.8 Å². The Bertz CT molecular complexity index is 963. The minimum atomic E-state index is -0.258. The Balaban J connectivity index is 1.34. The SMILES string of the molecule is Cc1ccncc1C(=O)O[C@H]1CC[C@@]2(C)C(=CC[C@@H]3[C@@H]2CC[C@]2(C)C(=O)C=C[C@@H]32)C1. The van der Waals surface area contributed by atoms with Crippen molar-refractivity contribution in [2.24, 2.45) is 28.6 Å². The van der Waals surface area contributed by atoms with Crippen LogP contribution in [0.4, 0.5) is 0 Å². The van der Waals surface area contributed by atoms with Crippen LogP contribution in [0, 0.1) is 35.5 Å². The van der Waals surface area contributed by atoms with Crippen LogP contribution >= 0.6 is 0 Å². The monoisotopic (exact) mass is 405 g/mol. The van der Waals surface area contributed by atoms with Crippen LogP contribution in [0.3, 0.4) is 0 Å². The Morgan fingerprint density at radius 1 is 1.20 bits per heavy atom.